The van der Waals surface area contributed by atoms with Gasteiger partial charge < -0.3 is 4.74 Å². The van der Waals surface area contributed by atoms with Crippen LogP contribution in [0.15, 0.2) is 18.2 Å². The van der Waals surface area contributed by atoms with Gasteiger partial charge in [0.2, 0.25) is 0 Å². The van der Waals surface area contributed by atoms with Crippen molar-refractivity contribution in [3.05, 3.63) is 24.0 Å². The summed E-state index contributed by atoms with van der Waals surface area (Å²) in [6, 6.07) is 3.67. The maximum Gasteiger partial charge on any atom is 0.411 e. The summed E-state index contributed by atoms with van der Waals surface area (Å²) >= 11 is 0. The highest BCUT2D eigenvalue weighted by molar-refractivity contribution is 5.85. The van der Waals surface area contributed by atoms with Crippen LogP contribution in [0.5, 0.6) is 0 Å². The van der Waals surface area contributed by atoms with Gasteiger partial charge in [-0.15, -0.1) is 0 Å². The fraction of sp³-hybridized carbons (Fsp3) is 0.300. The van der Waals surface area contributed by atoms with Crippen molar-refractivity contribution in [1.82, 2.24) is 0 Å². The molecule has 6 heteroatoms. The molecule has 1 amide bonds. The largest absolute Gasteiger partial charge is 0.453 e. The van der Waals surface area contributed by atoms with Gasteiger partial charge in [0.25, 0.3) is 0 Å². The summed E-state index contributed by atoms with van der Waals surface area (Å²) < 4.78 is 17.2. The van der Waals surface area contributed by atoms with Gasteiger partial charge in [-0.3, -0.25) is 16.0 Å². The number of carbonyl (C=O) groups is 1. The van der Waals surface area contributed by atoms with E-state index in [1.54, 1.807) is 5.48 Å². The number of ether oxygens (including phenoxy) is 1. The molecule has 0 atom stereocenters. The molecular weight excluding hydrogens is 215 g/mol. The highest BCUT2D eigenvalue weighted by Gasteiger charge is 2.04. The summed E-state index contributed by atoms with van der Waals surface area (Å²) in [7, 11) is 1.21. The fourth-order valence-corrected chi connectivity index (χ4v) is 0.858. The Morgan fingerprint density at radius 3 is 2.56 bits per heavy atom. The van der Waals surface area contributed by atoms with E-state index in [9.17, 15) is 9.18 Å². The minimum Gasteiger partial charge on any atom is -0.453 e. The first-order valence-electron chi connectivity index (χ1n) is 4.72. The average Bonchev–Trinajstić information content (AvgIpc) is 2.34. The van der Waals surface area contributed by atoms with Crippen LogP contribution in [0.25, 0.3) is 0 Å². The van der Waals surface area contributed by atoms with E-state index in [1.165, 1.54) is 19.2 Å². The van der Waals surface area contributed by atoms with E-state index in [0.717, 1.165) is 6.07 Å². The fourth-order valence-electron chi connectivity index (χ4n) is 0.858. The Hall–Kier alpha value is -1.82. The molecule has 0 fully saturated rings. The lowest BCUT2D eigenvalue weighted by Gasteiger charge is -2.06. The second kappa shape index (κ2) is 7.47. The van der Waals surface area contributed by atoms with Crippen LogP contribution < -0.4 is 10.8 Å². The Morgan fingerprint density at radius 2 is 2.06 bits per heavy atom. The lowest BCUT2D eigenvalue weighted by Crippen LogP contribution is -2.11. The van der Waals surface area contributed by atoms with Crippen molar-refractivity contribution < 1.29 is 19.1 Å². The summed E-state index contributed by atoms with van der Waals surface area (Å²) in [6.45, 7) is 4.00. The minimum absolute atomic E-state index is 0.126. The zero-order chi connectivity index (χ0) is 12.6. The Bertz CT molecular complexity index is 345. The molecule has 0 spiro atoms. The molecule has 1 rings (SSSR count). The van der Waals surface area contributed by atoms with Crippen molar-refractivity contribution in [3.63, 3.8) is 0 Å². The van der Waals surface area contributed by atoms with Gasteiger partial charge in [-0.05, 0) is 18.2 Å². The summed E-state index contributed by atoms with van der Waals surface area (Å²) in [6.07, 6.45) is -0.666. The monoisotopic (exact) mass is 230 g/mol. The minimum atomic E-state index is -0.666. The number of amides is 1. The van der Waals surface area contributed by atoms with Crippen LogP contribution in [0.3, 0.4) is 0 Å². The lowest BCUT2D eigenvalue weighted by molar-refractivity contribution is 0.187. The Labute approximate surface area is 93.2 Å². The Morgan fingerprint density at radius 1 is 1.44 bits per heavy atom. The van der Waals surface area contributed by atoms with E-state index >= 15 is 0 Å². The molecule has 0 aromatic heterocycles. The summed E-state index contributed by atoms with van der Waals surface area (Å²) in [5, 5.41) is 10.8. The topological polar surface area (TPSA) is 70.6 Å². The van der Waals surface area contributed by atoms with Crippen LogP contribution in [-0.2, 0) is 4.74 Å². The SMILES string of the molecule is CC.COC(=O)Nc1ccc(F)c(NO)c1. The van der Waals surface area contributed by atoms with Gasteiger partial charge in [0.05, 0.1) is 12.8 Å². The van der Waals surface area contributed by atoms with Gasteiger partial charge >= 0.3 is 6.09 Å². The number of nitrogens with one attached hydrogen (secondary N) is 2. The predicted octanol–water partition coefficient (Wildman–Crippen LogP) is 2.83. The van der Waals surface area contributed by atoms with Crippen molar-refractivity contribution in [1.29, 1.82) is 0 Å². The molecular formula is C10H15FN2O3. The van der Waals surface area contributed by atoms with E-state index in [2.05, 4.69) is 10.1 Å². The molecule has 0 aliphatic carbocycles. The molecule has 0 aliphatic rings. The number of hydrogen-bond donors (Lipinski definition) is 3. The van der Waals surface area contributed by atoms with Crippen molar-refractivity contribution in [2.75, 3.05) is 17.9 Å². The van der Waals surface area contributed by atoms with Gasteiger partial charge in [-0.1, -0.05) is 13.8 Å². The Balaban J connectivity index is 0.00000106. The zero-order valence-electron chi connectivity index (χ0n) is 9.37. The molecule has 0 bridgehead atoms. The van der Waals surface area contributed by atoms with E-state index in [1.807, 2.05) is 13.8 Å². The highest BCUT2D eigenvalue weighted by atomic mass is 19.1. The van der Waals surface area contributed by atoms with Crippen LogP contribution >= 0.6 is 0 Å². The predicted molar refractivity (Wildman–Crippen MR) is 59.2 cm³/mol. The first kappa shape index (κ1) is 14.2. The van der Waals surface area contributed by atoms with Gasteiger partial charge in [-0.2, -0.15) is 0 Å². The van der Waals surface area contributed by atoms with Crippen LogP contribution in [-0.4, -0.2) is 18.4 Å². The first-order valence-corrected chi connectivity index (χ1v) is 4.72. The maximum atomic E-state index is 12.8. The molecule has 1 aromatic carbocycles. The molecule has 0 radical (unpaired) electrons. The van der Waals surface area contributed by atoms with Crippen LogP contribution in [0.1, 0.15) is 13.8 Å². The second-order valence-electron chi connectivity index (χ2n) is 2.42. The van der Waals surface area contributed by atoms with Crippen molar-refractivity contribution in [3.8, 4) is 0 Å². The van der Waals surface area contributed by atoms with E-state index in [4.69, 9.17) is 5.21 Å². The van der Waals surface area contributed by atoms with Crippen LogP contribution in [0.2, 0.25) is 0 Å². The third-order valence-corrected chi connectivity index (χ3v) is 1.52. The normalized spacial score (nSPS) is 8.56. The van der Waals surface area contributed by atoms with Crippen molar-refractivity contribution >= 4 is 17.5 Å². The molecule has 90 valence electrons. The van der Waals surface area contributed by atoms with Gasteiger partial charge in [0.1, 0.15) is 5.82 Å². The van der Waals surface area contributed by atoms with E-state index < -0.39 is 11.9 Å². The zero-order valence-corrected chi connectivity index (χ0v) is 9.37. The van der Waals surface area contributed by atoms with E-state index in [0.29, 0.717) is 5.69 Å². The molecule has 0 saturated heterocycles. The van der Waals surface area contributed by atoms with Crippen LogP contribution in [0.4, 0.5) is 20.6 Å². The van der Waals surface area contributed by atoms with Crippen molar-refractivity contribution in [2.45, 2.75) is 13.8 Å². The first-order chi connectivity index (χ1) is 7.67. The average molecular weight is 230 g/mol. The van der Waals surface area contributed by atoms with Gasteiger partial charge in [0.15, 0.2) is 0 Å². The number of carbonyl (C=O) groups excluding carboxylic acids is 1. The molecule has 5 nitrogen and oxygen atoms in total. The molecule has 0 heterocycles. The third-order valence-electron chi connectivity index (χ3n) is 1.52. The van der Waals surface area contributed by atoms with Crippen molar-refractivity contribution in [2.24, 2.45) is 0 Å². The summed E-state index contributed by atoms with van der Waals surface area (Å²) in [5.74, 6) is -0.622. The smallest absolute Gasteiger partial charge is 0.411 e. The number of anilines is 2. The molecule has 0 saturated carbocycles. The molecule has 1 aromatic rings. The van der Waals surface area contributed by atoms with Gasteiger partial charge in [-0.25, -0.2) is 9.18 Å². The number of halogens is 1. The third kappa shape index (κ3) is 4.14. The number of rotatable bonds is 2. The molecule has 0 unspecified atom stereocenters. The second-order valence-corrected chi connectivity index (χ2v) is 2.42. The highest BCUT2D eigenvalue weighted by Crippen LogP contribution is 2.18. The van der Waals surface area contributed by atoms with Crippen LogP contribution in [0, 0.1) is 5.82 Å². The molecule has 3 N–H and O–H groups in total. The quantitative estimate of drug-likeness (QED) is 0.683. The number of methoxy groups -OCH3 is 1. The van der Waals surface area contributed by atoms with E-state index in [-0.39, 0.29) is 5.69 Å². The molecule has 16 heavy (non-hydrogen) atoms. The Kier molecular flexibility index (Phi) is 6.62. The summed E-state index contributed by atoms with van der Waals surface area (Å²) in [5.41, 5.74) is 1.85. The van der Waals surface area contributed by atoms with Gasteiger partial charge in [0, 0.05) is 5.69 Å². The summed E-state index contributed by atoms with van der Waals surface area (Å²) in [4.78, 5) is 10.8. The maximum absolute atomic E-state index is 12.8. The lowest BCUT2D eigenvalue weighted by atomic mass is 10.2. The standard InChI is InChI=1S/C8H9FN2O3.C2H6/c1-14-8(12)10-5-2-3-6(9)7(4-5)11-13;1-2/h2-4,11,13H,1H3,(H,10,12);1-2H3. The number of hydrogen-bond acceptors (Lipinski definition) is 4. The number of benzene rings is 1. The molecule has 0 aliphatic heterocycles.